The van der Waals surface area contributed by atoms with E-state index in [1.807, 2.05) is 60.7 Å². The van der Waals surface area contributed by atoms with E-state index in [9.17, 15) is 9.59 Å². The Bertz CT molecular complexity index is 1040. The first kappa shape index (κ1) is 24.2. The standard InChI is InChI=1S/C29H32O4/c1-2-3-5-13-27(30)25-18-19-28(33-21-23-9-6-4-7-10-23)26(20-25)12-8-11-22-14-16-24(17-15-22)29(31)32/h4,6-7,9-10,14-20H,2-3,5,8,11-13,21H2,1H3,(H,31,32). The zero-order valence-corrected chi connectivity index (χ0v) is 19.3. The number of carbonyl (C=O) groups excluding carboxylic acids is 1. The van der Waals surface area contributed by atoms with Crippen molar-refractivity contribution in [1.29, 1.82) is 0 Å². The number of aromatic carboxylic acids is 1. The van der Waals surface area contributed by atoms with Gasteiger partial charge in [-0.05, 0) is 72.7 Å². The Labute approximate surface area is 196 Å². The van der Waals surface area contributed by atoms with Gasteiger partial charge in [0.2, 0.25) is 0 Å². The molecule has 0 radical (unpaired) electrons. The first-order valence-corrected chi connectivity index (χ1v) is 11.7. The number of carboxylic acids is 1. The Morgan fingerprint density at radius 2 is 1.52 bits per heavy atom. The molecule has 0 saturated carbocycles. The lowest BCUT2D eigenvalue weighted by Crippen LogP contribution is -2.04. The Morgan fingerprint density at radius 1 is 0.788 bits per heavy atom. The van der Waals surface area contributed by atoms with E-state index in [0.29, 0.717) is 18.6 Å². The molecule has 4 heteroatoms. The zero-order chi connectivity index (χ0) is 23.5. The van der Waals surface area contributed by atoms with Gasteiger partial charge in [-0.3, -0.25) is 4.79 Å². The van der Waals surface area contributed by atoms with Crippen molar-refractivity contribution in [3.63, 3.8) is 0 Å². The maximum atomic E-state index is 12.7. The van der Waals surface area contributed by atoms with E-state index in [-0.39, 0.29) is 5.78 Å². The van der Waals surface area contributed by atoms with Gasteiger partial charge in [-0.2, -0.15) is 0 Å². The number of carboxylic acid groups (broad SMARTS) is 1. The predicted octanol–water partition coefficient (Wildman–Crippen LogP) is 6.90. The first-order valence-electron chi connectivity index (χ1n) is 11.7. The first-order chi connectivity index (χ1) is 16.1. The molecule has 1 N–H and O–H groups in total. The van der Waals surface area contributed by atoms with Gasteiger partial charge in [-0.25, -0.2) is 4.79 Å². The summed E-state index contributed by atoms with van der Waals surface area (Å²) in [6, 6.07) is 22.8. The number of Topliss-reactive ketones (excluding diaryl/α,β-unsaturated/α-hetero) is 1. The average molecular weight is 445 g/mol. The highest BCUT2D eigenvalue weighted by Gasteiger charge is 2.12. The molecule has 3 rings (SSSR count). The maximum Gasteiger partial charge on any atom is 0.335 e. The van der Waals surface area contributed by atoms with E-state index in [1.54, 1.807) is 12.1 Å². The van der Waals surface area contributed by atoms with Crippen LogP contribution in [0.2, 0.25) is 0 Å². The lowest BCUT2D eigenvalue weighted by molar-refractivity contribution is 0.0696. The molecule has 0 atom stereocenters. The topological polar surface area (TPSA) is 63.6 Å². The second kappa shape index (κ2) is 12.6. The van der Waals surface area contributed by atoms with E-state index in [2.05, 4.69) is 6.92 Å². The van der Waals surface area contributed by atoms with Crippen LogP contribution in [0.1, 0.15) is 76.4 Å². The van der Waals surface area contributed by atoms with E-state index in [4.69, 9.17) is 9.84 Å². The van der Waals surface area contributed by atoms with Crippen molar-refractivity contribution in [1.82, 2.24) is 0 Å². The number of unbranched alkanes of at least 4 members (excludes halogenated alkanes) is 2. The summed E-state index contributed by atoms with van der Waals surface area (Å²) in [5.74, 6) is 0.0796. The Hall–Kier alpha value is -3.40. The molecule has 0 aliphatic heterocycles. The highest BCUT2D eigenvalue weighted by molar-refractivity contribution is 5.96. The molecule has 4 nitrogen and oxygen atoms in total. The maximum absolute atomic E-state index is 12.7. The van der Waals surface area contributed by atoms with Crippen molar-refractivity contribution in [3.8, 4) is 5.75 Å². The predicted molar refractivity (Wildman–Crippen MR) is 131 cm³/mol. The summed E-state index contributed by atoms with van der Waals surface area (Å²) in [5.41, 5.74) is 4.28. The molecule has 0 saturated heterocycles. The van der Waals surface area contributed by atoms with Gasteiger partial charge >= 0.3 is 5.97 Å². The van der Waals surface area contributed by atoms with Gasteiger partial charge in [-0.15, -0.1) is 0 Å². The quantitative estimate of drug-likeness (QED) is 0.230. The molecule has 0 aliphatic rings. The minimum atomic E-state index is -0.915. The van der Waals surface area contributed by atoms with Crippen LogP contribution in [0.3, 0.4) is 0 Å². The van der Waals surface area contributed by atoms with Crippen LogP contribution in [-0.4, -0.2) is 16.9 Å². The van der Waals surface area contributed by atoms with Crippen molar-refractivity contribution in [2.24, 2.45) is 0 Å². The van der Waals surface area contributed by atoms with Crippen LogP contribution in [0.15, 0.2) is 72.8 Å². The number of carbonyl (C=O) groups is 2. The zero-order valence-electron chi connectivity index (χ0n) is 19.3. The monoisotopic (exact) mass is 444 g/mol. The fraction of sp³-hybridized carbons (Fsp3) is 0.310. The third-order valence-corrected chi connectivity index (χ3v) is 5.74. The number of benzene rings is 3. The van der Waals surface area contributed by atoms with Crippen LogP contribution in [0.25, 0.3) is 0 Å². The van der Waals surface area contributed by atoms with Crippen LogP contribution >= 0.6 is 0 Å². The largest absolute Gasteiger partial charge is 0.489 e. The summed E-state index contributed by atoms with van der Waals surface area (Å²) < 4.78 is 6.12. The third-order valence-electron chi connectivity index (χ3n) is 5.74. The minimum Gasteiger partial charge on any atom is -0.489 e. The molecule has 0 unspecified atom stereocenters. The number of aryl methyl sites for hydroxylation is 2. The molecule has 0 amide bonds. The highest BCUT2D eigenvalue weighted by atomic mass is 16.5. The van der Waals surface area contributed by atoms with Crippen molar-refractivity contribution >= 4 is 11.8 Å². The van der Waals surface area contributed by atoms with Gasteiger partial charge in [-0.1, -0.05) is 62.2 Å². The number of rotatable bonds is 13. The van der Waals surface area contributed by atoms with Gasteiger partial charge in [0.15, 0.2) is 5.78 Å². The van der Waals surface area contributed by atoms with Gasteiger partial charge < -0.3 is 9.84 Å². The highest BCUT2D eigenvalue weighted by Crippen LogP contribution is 2.25. The average Bonchev–Trinajstić information content (AvgIpc) is 2.84. The van der Waals surface area contributed by atoms with Crippen LogP contribution < -0.4 is 4.74 Å². The van der Waals surface area contributed by atoms with Crippen LogP contribution in [0.4, 0.5) is 0 Å². The molecule has 3 aromatic carbocycles. The van der Waals surface area contributed by atoms with E-state index in [0.717, 1.165) is 66.5 Å². The second-order valence-electron chi connectivity index (χ2n) is 8.33. The smallest absolute Gasteiger partial charge is 0.335 e. The van der Waals surface area contributed by atoms with Crippen molar-refractivity contribution in [2.45, 2.75) is 58.5 Å². The molecule has 0 aromatic heterocycles. The van der Waals surface area contributed by atoms with E-state index >= 15 is 0 Å². The summed E-state index contributed by atoms with van der Waals surface area (Å²) in [4.78, 5) is 23.7. The molecular formula is C29H32O4. The van der Waals surface area contributed by atoms with Gasteiger partial charge in [0.1, 0.15) is 12.4 Å². The fourth-order valence-corrected chi connectivity index (χ4v) is 3.80. The second-order valence-corrected chi connectivity index (χ2v) is 8.33. The molecule has 0 bridgehead atoms. The molecule has 33 heavy (non-hydrogen) atoms. The minimum absolute atomic E-state index is 0.184. The molecule has 3 aromatic rings. The summed E-state index contributed by atoms with van der Waals surface area (Å²) in [5, 5.41) is 9.06. The summed E-state index contributed by atoms with van der Waals surface area (Å²) in [6.45, 7) is 2.62. The Balaban J connectivity index is 1.69. The summed E-state index contributed by atoms with van der Waals surface area (Å²) >= 11 is 0. The van der Waals surface area contributed by atoms with Crippen molar-refractivity contribution < 1.29 is 19.4 Å². The lowest BCUT2D eigenvalue weighted by Gasteiger charge is -2.14. The SMILES string of the molecule is CCCCCC(=O)c1ccc(OCc2ccccc2)c(CCCc2ccc(C(=O)O)cc2)c1. The van der Waals surface area contributed by atoms with Gasteiger partial charge in [0.25, 0.3) is 0 Å². The van der Waals surface area contributed by atoms with Crippen LogP contribution in [0.5, 0.6) is 5.75 Å². The molecule has 0 heterocycles. The number of ether oxygens (including phenoxy) is 1. The molecule has 0 spiro atoms. The number of ketones is 1. The molecular weight excluding hydrogens is 412 g/mol. The lowest BCUT2D eigenvalue weighted by atomic mass is 9.98. The van der Waals surface area contributed by atoms with Gasteiger partial charge in [0, 0.05) is 12.0 Å². The molecule has 0 fully saturated rings. The Morgan fingerprint density at radius 3 is 2.21 bits per heavy atom. The van der Waals surface area contributed by atoms with Crippen molar-refractivity contribution in [2.75, 3.05) is 0 Å². The third kappa shape index (κ3) is 7.60. The molecule has 172 valence electrons. The van der Waals surface area contributed by atoms with Gasteiger partial charge in [0.05, 0.1) is 5.56 Å². The summed E-state index contributed by atoms with van der Waals surface area (Å²) in [7, 11) is 0. The number of hydrogen-bond acceptors (Lipinski definition) is 3. The van der Waals surface area contributed by atoms with E-state index < -0.39 is 5.97 Å². The van der Waals surface area contributed by atoms with E-state index in [1.165, 1.54) is 0 Å². The van der Waals surface area contributed by atoms with Crippen LogP contribution in [-0.2, 0) is 19.4 Å². The fourth-order valence-electron chi connectivity index (χ4n) is 3.80. The molecule has 0 aliphatic carbocycles. The number of hydrogen-bond donors (Lipinski definition) is 1. The summed E-state index contributed by atoms with van der Waals surface area (Å²) in [6.07, 6.45) is 6.14. The normalized spacial score (nSPS) is 10.7. The Kier molecular flexibility index (Phi) is 9.25. The van der Waals surface area contributed by atoms with Crippen LogP contribution in [0, 0.1) is 0 Å². The van der Waals surface area contributed by atoms with Crippen molar-refractivity contribution in [3.05, 3.63) is 101 Å².